The fourth-order valence-corrected chi connectivity index (χ4v) is 5.18. The zero-order valence-corrected chi connectivity index (χ0v) is 22.3. The second-order valence-corrected chi connectivity index (χ2v) is 10.2. The van der Waals surface area contributed by atoms with E-state index in [9.17, 15) is 9.59 Å². The third-order valence-electron chi connectivity index (χ3n) is 7.30. The molecule has 1 aromatic heterocycles. The molecule has 1 saturated carbocycles. The molecule has 1 heterocycles. The Hall–Kier alpha value is -3.86. The molecule has 198 valence electrons. The third kappa shape index (κ3) is 6.16. The van der Waals surface area contributed by atoms with Crippen molar-refractivity contribution in [3.8, 4) is 16.9 Å². The molecule has 3 aromatic rings. The van der Waals surface area contributed by atoms with Crippen LogP contribution in [0.15, 0.2) is 89.6 Å². The molecule has 38 heavy (non-hydrogen) atoms. The predicted octanol–water partition coefficient (Wildman–Crippen LogP) is 7.85. The largest absolute Gasteiger partial charge is 0.490 e. The number of fused-ring (bicyclic) bond motifs is 1. The molecule has 0 bridgehead atoms. The van der Waals surface area contributed by atoms with Gasteiger partial charge >= 0.3 is 11.6 Å². The number of rotatable bonds is 11. The normalized spacial score (nSPS) is 18.5. The number of hydrogen-bond acceptors (Lipinski definition) is 5. The number of carbonyl (C=O) groups excluding carboxylic acids is 1. The smallest absolute Gasteiger partial charge is 0.344 e. The second-order valence-electron chi connectivity index (χ2n) is 10.2. The number of carbonyl (C=O) groups is 1. The summed E-state index contributed by atoms with van der Waals surface area (Å²) in [6.45, 7) is 15.6. The van der Waals surface area contributed by atoms with Crippen LogP contribution in [-0.2, 0) is 9.53 Å². The van der Waals surface area contributed by atoms with E-state index < -0.39 is 5.97 Å². The van der Waals surface area contributed by atoms with Gasteiger partial charge in [-0.3, -0.25) is 0 Å². The zero-order valence-electron chi connectivity index (χ0n) is 22.3. The topological polar surface area (TPSA) is 65.7 Å². The molecule has 1 fully saturated rings. The van der Waals surface area contributed by atoms with E-state index in [-0.39, 0.29) is 23.8 Å². The molecule has 4 rings (SSSR count). The molecule has 0 saturated heterocycles. The number of benzene rings is 2. The Balaban J connectivity index is 1.62. The predicted molar refractivity (Wildman–Crippen MR) is 153 cm³/mol. The molecule has 1 aliphatic rings. The van der Waals surface area contributed by atoms with E-state index in [0.717, 1.165) is 42.2 Å². The lowest BCUT2D eigenvalue weighted by Gasteiger charge is -2.19. The van der Waals surface area contributed by atoms with Crippen molar-refractivity contribution < 1.29 is 18.7 Å². The monoisotopic (exact) mass is 512 g/mol. The van der Waals surface area contributed by atoms with Gasteiger partial charge in [-0.15, -0.1) is 13.2 Å². The zero-order chi connectivity index (χ0) is 27.2. The van der Waals surface area contributed by atoms with Gasteiger partial charge in [0.05, 0.1) is 5.56 Å². The van der Waals surface area contributed by atoms with Gasteiger partial charge in [-0.1, -0.05) is 50.8 Å². The molecule has 0 N–H and O–H groups in total. The van der Waals surface area contributed by atoms with Crippen LogP contribution in [0.1, 0.15) is 68.9 Å². The highest BCUT2D eigenvalue weighted by molar-refractivity contribution is 5.83. The fraction of sp³-hybridized carbons (Fsp3) is 0.333. The lowest BCUT2D eigenvalue weighted by atomic mass is 9.86. The van der Waals surface area contributed by atoms with Gasteiger partial charge in [0.2, 0.25) is 0 Å². The number of ether oxygens (including phenoxy) is 2. The highest BCUT2D eigenvalue weighted by atomic mass is 16.5. The van der Waals surface area contributed by atoms with E-state index in [1.165, 1.54) is 11.6 Å². The quantitative estimate of drug-likeness (QED) is 0.113. The van der Waals surface area contributed by atoms with Crippen molar-refractivity contribution >= 4 is 16.9 Å². The molecular formula is C33H36O5. The van der Waals surface area contributed by atoms with Gasteiger partial charge in [0.25, 0.3) is 0 Å². The summed E-state index contributed by atoms with van der Waals surface area (Å²) in [7, 11) is 0. The maximum Gasteiger partial charge on any atom is 0.344 e. The average Bonchev–Trinajstić information content (AvgIpc) is 3.34. The molecule has 4 atom stereocenters. The van der Waals surface area contributed by atoms with E-state index in [4.69, 9.17) is 13.9 Å². The van der Waals surface area contributed by atoms with E-state index in [1.807, 2.05) is 36.4 Å². The summed E-state index contributed by atoms with van der Waals surface area (Å²) in [5.74, 6) is 0.744. The minimum Gasteiger partial charge on any atom is -0.490 e. The number of hydrogen-bond donors (Lipinski definition) is 0. The summed E-state index contributed by atoms with van der Waals surface area (Å²) in [6.07, 6.45) is 8.62. The van der Waals surface area contributed by atoms with E-state index in [1.54, 1.807) is 6.07 Å². The molecule has 0 aliphatic heterocycles. The van der Waals surface area contributed by atoms with E-state index in [2.05, 4.69) is 45.7 Å². The van der Waals surface area contributed by atoms with Crippen molar-refractivity contribution in [1.82, 2.24) is 0 Å². The summed E-state index contributed by atoms with van der Waals surface area (Å²) in [5.41, 5.74) is 3.85. The molecule has 0 spiro atoms. The average molecular weight is 513 g/mol. The van der Waals surface area contributed by atoms with Crippen molar-refractivity contribution in [2.45, 2.75) is 70.0 Å². The van der Waals surface area contributed by atoms with Gasteiger partial charge in [0.15, 0.2) is 0 Å². The molecule has 4 unspecified atom stereocenters. The third-order valence-corrected chi connectivity index (χ3v) is 7.30. The van der Waals surface area contributed by atoms with Crippen LogP contribution in [0.25, 0.3) is 22.1 Å². The Labute approximate surface area is 224 Å². The number of allylic oxidation sites excluding steroid dienone is 2. The molecule has 0 amide bonds. The van der Waals surface area contributed by atoms with Gasteiger partial charge in [-0.05, 0) is 72.4 Å². The van der Waals surface area contributed by atoms with E-state index >= 15 is 0 Å². The summed E-state index contributed by atoms with van der Waals surface area (Å²) in [4.78, 5) is 24.7. The number of esters is 1. The molecule has 1 aliphatic carbocycles. The first kappa shape index (κ1) is 27.2. The Morgan fingerprint density at radius 1 is 0.974 bits per heavy atom. The second kappa shape index (κ2) is 12.1. The highest BCUT2D eigenvalue weighted by Crippen LogP contribution is 2.35. The molecule has 0 radical (unpaired) electrons. The van der Waals surface area contributed by atoms with Gasteiger partial charge in [0.1, 0.15) is 23.5 Å². The first-order valence-electron chi connectivity index (χ1n) is 13.3. The minimum atomic E-state index is -0.415. The van der Waals surface area contributed by atoms with Gasteiger partial charge < -0.3 is 13.9 Å². The summed E-state index contributed by atoms with van der Waals surface area (Å²) in [6, 6.07) is 13.8. The van der Waals surface area contributed by atoms with Crippen LogP contribution in [0.5, 0.6) is 5.75 Å². The molecular weight excluding hydrogens is 476 g/mol. The fourth-order valence-electron chi connectivity index (χ4n) is 5.18. The van der Waals surface area contributed by atoms with Gasteiger partial charge in [-0.25, -0.2) is 9.59 Å². The van der Waals surface area contributed by atoms with Crippen molar-refractivity contribution in [3.63, 3.8) is 0 Å². The lowest BCUT2D eigenvalue weighted by molar-refractivity contribution is -0.142. The summed E-state index contributed by atoms with van der Waals surface area (Å²) < 4.78 is 17.3. The standard InChI is InChI=1S/C33H36O5/c1-6-9-21(4)23-12-16-28(29(17-23)22(5)10-7-2)30-18-24-11-13-27(20-31(24)38-33(30)35)36-25-14-15-26(19-25)37-32(34)8-3/h6-8,11-13,16-18,20-22,25-26H,1-3,9-10,14-15,19H2,4-5H3. The SMILES string of the molecule is C=CCC(C)c1ccc(-c2cc3ccc(OC4CCC(OC(=O)C=C)C4)cc3oc2=O)c(C(C)CC=C)c1. The molecule has 5 heteroatoms. The molecule has 2 aromatic carbocycles. The Bertz CT molecular complexity index is 1400. The first-order valence-corrected chi connectivity index (χ1v) is 13.3. The van der Waals surface area contributed by atoms with E-state index in [0.29, 0.717) is 29.2 Å². The van der Waals surface area contributed by atoms with Crippen LogP contribution < -0.4 is 10.4 Å². The van der Waals surface area contributed by atoms with Crippen LogP contribution in [-0.4, -0.2) is 18.2 Å². The highest BCUT2D eigenvalue weighted by Gasteiger charge is 2.28. The van der Waals surface area contributed by atoms with Gasteiger partial charge in [-0.2, -0.15) is 0 Å². The van der Waals surface area contributed by atoms with Crippen LogP contribution in [0.2, 0.25) is 0 Å². The van der Waals surface area contributed by atoms with Crippen molar-refractivity contribution in [2.75, 3.05) is 0 Å². The maximum atomic E-state index is 13.2. The van der Waals surface area contributed by atoms with Crippen molar-refractivity contribution in [3.05, 3.63) is 102 Å². The Kier molecular flexibility index (Phi) is 8.67. The molecule has 5 nitrogen and oxygen atoms in total. The van der Waals surface area contributed by atoms with Crippen molar-refractivity contribution in [1.29, 1.82) is 0 Å². The minimum absolute atomic E-state index is 0.0723. The Morgan fingerprint density at radius 2 is 1.71 bits per heavy atom. The summed E-state index contributed by atoms with van der Waals surface area (Å²) in [5, 5.41) is 0.822. The van der Waals surface area contributed by atoms with Crippen LogP contribution >= 0.6 is 0 Å². The van der Waals surface area contributed by atoms with Crippen molar-refractivity contribution in [2.24, 2.45) is 0 Å². The first-order chi connectivity index (χ1) is 18.3. The Morgan fingerprint density at radius 3 is 2.45 bits per heavy atom. The lowest BCUT2D eigenvalue weighted by Crippen LogP contribution is -2.17. The van der Waals surface area contributed by atoms with Gasteiger partial charge in [0, 0.05) is 23.9 Å². The van der Waals surface area contributed by atoms with Crippen LogP contribution in [0.4, 0.5) is 0 Å². The van der Waals surface area contributed by atoms with Crippen LogP contribution in [0, 0.1) is 0 Å². The van der Waals surface area contributed by atoms with Crippen LogP contribution in [0.3, 0.4) is 0 Å². The maximum absolute atomic E-state index is 13.2. The summed E-state index contributed by atoms with van der Waals surface area (Å²) >= 11 is 0.